The smallest absolute Gasteiger partial charge is 0.0772 e. The fourth-order valence-electron chi connectivity index (χ4n) is 1.99. The highest BCUT2D eigenvalue weighted by atomic mass is 32.1. The van der Waals surface area contributed by atoms with Crippen LogP contribution in [-0.2, 0) is 19.4 Å². The van der Waals surface area contributed by atoms with Gasteiger partial charge in [-0.25, -0.2) is 0 Å². The lowest BCUT2D eigenvalue weighted by Gasteiger charge is -2.03. The third-order valence-corrected chi connectivity index (χ3v) is 4.04. The molecule has 0 aliphatic heterocycles. The largest absolute Gasteiger partial charge is 0.395 e. The summed E-state index contributed by atoms with van der Waals surface area (Å²) in [7, 11) is 0. The van der Waals surface area contributed by atoms with Gasteiger partial charge >= 0.3 is 0 Å². The van der Waals surface area contributed by atoms with Gasteiger partial charge in [-0.3, -0.25) is 4.68 Å². The van der Waals surface area contributed by atoms with Gasteiger partial charge in [-0.15, -0.1) is 11.3 Å². The van der Waals surface area contributed by atoms with Crippen molar-refractivity contribution in [1.29, 1.82) is 0 Å². The Morgan fingerprint density at radius 2 is 2.15 bits per heavy atom. The zero-order valence-corrected chi connectivity index (χ0v) is 12.8. The zero-order chi connectivity index (χ0) is 14.4. The molecule has 20 heavy (non-hydrogen) atoms. The van der Waals surface area contributed by atoms with Crippen LogP contribution in [0.15, 0.2) is 18.2 Å². The van der Waals surface area contributed by atoms with Gasteiger partial charge in [-0.1, -0.05) is 25.7 Å². The molecule has 0 aliphatic rings. The molecule has 0 fully saturated rings. The van der Waals surface area contributed by atoms with E-state index in [0.29, 0.717) is 6.42 Å². The van der Waals surface area contributed by atoms with E-state index in [2.05, 4.69) is 47.6 Å². The molecule has 1 N–H and O–H groups in total. The van der Waals surface area contributed by atoms with Crippen molar-refractivity contribution in [2.75, 3.05) is 6.61 Å². The van der Waals surface area contributed by atoms with Crippen molar-refractivity contribution in [2.24, 2.45) is 0 Å². The maximum atomic E-state index is 8.72. The monoisotopic (exact) mass is 288 g/mol. The van der Waals surface area contributed by atoms with E-state index >= 15 is 0 Å². The van der Waals surface area contributed by atoms with Crippen LogP contribution in [0.1, 0.15) is 41.4 Å². The van der Waals surface area contributed by atoms with E-state index in [4.69, 9.17) is 5.11 Å². The lowest BCUT2D eigenvalue weighted by Crippen LogP contribution is -2.04. The van der Waals surface area contributed by atoms with Crippen LogP contribution in [0.2, 0.25) is 0 Å². The van der Waals surface area contributed by atoms with Crippen molar-refractivity contribution < 1.29 is 5.11 Å². The molecule has 2 heterocycles. The fourth-order valence-corrected chi connectivity index (χ4v) is 2.86. The first-order chi connectivity index (χ1) is 9.76. The summed E-state index contributed by atoms with van der Waals surface area (Å²) in [5.74, 6) is 6.03. The van der Waals surface area contributed by atoms with Crippen molar-refractivity contribution in [2.45, 2.75) is 39.7 Å². The first-order valence-electron chi connectivity index (χ1n) is 7.00. The van der Waals surface area contributed by atoms with Crippen LogP contribution in [0.5, 0.6) is 0 Å². The standard InChI is InChI=1S/C16H20N2OS/c1-3-13-11-14(4-2)18(17-13)12-16-9-8-15(20-16)7-5-6-10-19/h8-9,11,19H,3-4,6,10,12H2,1-2H3. The molecule has 2 aromatic heterocycles. The number of thiophene rings is 1. The summed E-state index contributed by atoms with van der Waals surface area (Å²) < 4.78 is 2.09. The minimum absolute atomic E-state index is 0.123. The van der Waals surface area contributed by atoms with E-state index in [9.17, 15) is 0 Å². The van der Waals surface area contributed by atoms with Gasteiger partial charge in [0.1, 0.15) is 0 Å². The number of aryl methyl sites for hydroxylation is 2. The molecule has 4 heteroatoms. The Bertz CT molecular complexity index is 616. The SMILES string of the molecule is CCc1cc(CC)n(Cc2ccc(C#CCCO)s2)n1. The van der Waals surface area contributed by atoms with E-state index in [-0.39, 0.29) is 6.61 Å². The Morgan fingerprint density at radius 3 is 2.85 bits per heavy atom. The quantitative estimate of drug-likeness (QED) is 0.859. The van der Waals surface area contributed by atoms with Gasteiger partial charge in [0.05, 0.1) is 23.7 Å². The Morgan fingerprint density at radius 1 is 1.30 bits per heavy atom. The maximum absolute atomic E-state index is 8.72. The van der Waals surface area contributed by atoms with Gasteiger partial charge in [0, 0.05) is 17.0 Å². The average Bonchev–Trinajstić information content (AvgIpc) is 3.06. The van der Waals surface area contributed by atoms with Crippen LogP contribution < -0.4 is 0 Å². The van der Waals surface area contributed by atoms with Crippen molar-refractivity contribution in [1.82, 2.24) is 9.78 Å². The van der Waals surface area contributed by atoms with Gasteiger partial charge in [0.15, 0.2) is 0 Å². The van der Waals surface area contributed by atoms with Gasteiger partial charge in [0.25, 0.3) is 0 Å². The summed E-state index contributed by atoms with van der Waals surface area (Å²) in [6, 6.07) is 6.34. The highest BCUT2D eigenvalue weighted by molar-refractivity contribution is 7.12. The van der Waals surface area contributed by atoms with E-state index in [1.54, 1.807) is 11.3 Å². The molecule has 3 nitrogen and oxygen atoms in total. The minimum Gasteiger partial charge on any atom is -0.395 e. The molecule has 0 atom stereocenters. The van der Waals surface area contributed by atoms with Crippen LogP contribution in [0.4, 0.5) is 0 Å². The summed E-state index contributed by atoms with van der Waals surface area (Å²) in [5, 5.41) is 13.4. The van der Waals surface area contributed by atoms with E-state index in [1.807, 2.05) is 6.07 Å². The molecule has 0 bridgehead atoms. The summed E-state index contributed by atoms with van der Waals surface area (Å²) in [6.07, 6.45) is 2.51. The third-order valence-electron chi connectivity index (χ3n) is 3.05. The fraction of sp³-hybridized carbons (Fsp3) is 0.438. The number of hydrogen-bond donors (Lipinski definition) is 1. The van der Waals surface area contributed by atoms with Crippen LogP contribution in [0, 0.1) is 11.8 Å². The van der Waals surface area contributed by atoms with Crippen molar-refractivity contribution in [3.8, 4) is 11.8 Å². The zero-order valence-electron chi connectivity index (χ0n) is 12.0. The second-order valence-electron chi connectivity index (χ2n) is 4.53. The first-order valence-corrected chi connectivity index (χ1v) is 7.82. The Balaban J connectivity index is 2.10. The molecule has 106 valence electrons. The number of rotatable bonds is 5. The number of nitrogens with zero attached hydrogens (tertiary/aromatic N) is 2. The Hall–Kier alpha value is -1.57. The number of aliphatic hydroxyl groups excluding tert-OH is 1. The molecule has 0 aliphatic carbocycles. The van der Waals surface area contributed by atoms with Gasteiger partial charge in [-0.2, -0.15) is 5.10 Å². The number of aliphatic hydroxyl groups is 1. The molecular formula is C16H20N2OS. The number of aromatic nitrogens is 2. The minimum atomic E-state index is 0.123. The van der Waals surface area contributed by atoms with Crippen LogP contribution in [0.3, 0.4) is 0 Å². The number of hydrogen-bond acceptors (Lipinski definition) is 3. The molecule has 0 saturated carbocycles. The van der Waals surface area contributed by atoms with E-state index < -0.39 is 0 Å². The highest BCUT2D eigenvalue weighted by Crippen LogP contribution is 2.18. The average molecular weight is 288 g/mol. The highest BCUT2D eigenvalue weighted by Gasteiger charge is 2.07. The van der Waals surface area contributed by atoms with Gasteiger partial charge < -0.3 is 5.11 Å². The molecule has 0 unspecified atom stereocenters. The van der Waals surface area contributed by atoms with Crippen molar-refractivity contribution in [3.05, 3.63) is 39.3 Å². The maximum Gasteiger partial charge on any atom is 0.0772 e. The lowest BCUT2D eigenvalue weighted by molar-refractivity contribution is 0.305. The third kappa shape index (κ3) is 3.72. The lowest BCUT2D eigenvalue weighted by atomic mass is 10.2. The Kier molecular flexibility index (Phi) is 5.40. The molecule has 0 spiro atoms. The Labute approximate surface area is 124 Å². The van der Waals surface area contributed by atoms with Crippen molar-refractivity contribution >= 4 is 11.3 Å². The van der Waals surface area contributed by atoms with Crippen LogP contribution >= 0.6 is 11.3 Å². The van der Waals surface area contributed by atoms with E-state index in [1.165, 1.54) is 10.6 Å². The second-order valence-corrected chi connectivity index (χ2v) is 5.70. The summed E-state index contributed by atoms with van der Waals surface area (Å²) >= 11 is 1.70. The van der Waals surface area contributed by atoms with Crippen molar-refractivity contribution in [3.63, 3.8) is 0 Å². The van der Waals surface area contributed by atoms with Gasteiger partial charge in [-0.05, 0) is 31.0 Å². The second kappa shape index (κ2) is 7.28. The molecule has 2 rings (SSSR count). The summed E-state index contributed by atoms with van der Waals surface area (Å²) in [4.78, 5) is 2.31. The molecule has 0 amide bonds. The van der Waals surface area contributed by atoms with Gasteiger partial charge in [0.2, 0.25) is 0 Å². The van der Waals surface area contributed by atoms with Crippen LogP contribution in [-0.4, -0.2) is 21.5 Å². The molecule has 0 saturated heterocycles. The topological polar surface area (TPSA) is 38.0 Å². The van der Waals surface area contributed by atoms with E-state index in [0.717, 1.165) is 30.0 Å². The molecule has 2 aromatic rings. The predicted molar refractivity (Wildman–Crippen MR) is 83.0 cm³/mol. The predicted octanol–water partition coefficient (Wildman–Crippen LogP) is 2.85. The first kappa shape index (κ1) is 14.8. The van der Waals surface area contributed by atoms with Crippen LogP contribution in [0.25, 0.3) is 0 Å². The molecular weight excluding hydrogens is 268 g/mol. The summed E-state index contributed by atoms with van der Waals surface area (Å²) in [5.41, 5.74) is 2.43. The summed E-state index contributed by atoms with van der Waals surface area (Å²) in [6.45, 7) is 5.23. The molecule has 0 aromatic carbocycles. The normalized spacial score (nSPS) is 10.3. The molecule has 0 radical (unpaired) electrons.